The Morgan fingerprint density at radius 3 is 2.58 bits per heavy atom. The fourth-order valence-corrected chi connectivity index (χ4v) is 2.83. The standard InChI is InChI=1S/C20H23N3O3/c1-15-5-3-4-6-18(15)26-14-13-22(2)19(24)16-7-9-17(10-8-16)23-12-11-21-20(23)25/h3-10H,11-14H2,1-2H3,(H,21,25). The van der Waals surface area contributed by atoms with Crippen molar-refractivity contribution in [1.29, 1.82) is 0 Å². The van der Waals surface area contributed by atoms with Gasteiger partial charge in [0.2, 0.25) is 0 Å². The number of aryl methyl sites for hydroxylation is 1. The first-order valence-electron chi connectivity index (χ1n) is 8.65. The number of urea groups is 1. The van der Waals surface area contributed by atoms with Crippen molar-refractivity contribution in [3.05, 3.63) is 59.7 Å². The van der Waals surface area contributed by atoms with Gasteiger partial charge in [-0.2, -0.15) is 0 Å². The van der Waals surface area contributed by atoms with Gasteiger partial charge >= 0.3 is 6.03 Å². The minimum atomic E-state index is -0.102. The molecule has 0 bridgehead atoms. The van der Waals surface area contributed by atoms with Gasteiger partial charge in [-0.3, -0.25) is 9.69 Å². The highest BCUT2D eigenvalue weighted by molar-refractivity contribution is 5.96. The van der Waals surface area contributed by atoms with Crippen LogP contribution in [0.15, 0.2) is 48.5 Å². The molecule has 136 valence electrons. The molecule has 0 aromatic heterocycles. The van der Waals surface area contributed by atoms with Gasteiger partial charge in [0.25, 0.3) is 5.91 Å². The van der Waals surface area contributed by atoms with E-state index in [9.17, 15) is 9.59 Å². The summed E-state index contributed by atoms with van der Waals surface area (Å²) in [5.74, 6) is 0.761. The van der Waals surface area contributed by atoms with Crippen molar-refractivity contribution in [3.63, 3.8) is 0 Å². The van der Waals surface area contributed by atoms with Crippen LogP contribution in [0, 0.1) is 6.92 Å². The molecular formula is C20H23N3O3. The Morgan fingerprint density at radius 2 is 1.92 bits per heavy atom. The zero-order chi connectivity index (χ0) is 18.5. The average molecular weight is 353 g/mol. The second-order valence-electron chi connectivity index (χ2n) is 6.27. The van der Waals surface area contributed by atoms with Crippen LogP contribution in [0.25, 0.3) is 0 Å². The van der Waals surface area contributed by atoms with Crippen molar-refractivity contribution >= 4 is 17.6 Å². The average Bonchev–Trinajstić information content (AvgIpc) is 3.08. The number of hydrogen-bond acceptors (Lipinski definition) is 3. The van der Waals surface area contributed by atoms with E-state index in [1.165, 1.54) is 0 Å². The molecule has 1 aliphatic heterocycles. The fraction of sp³-hybridized carbons (Fsp3) is 0.300. The second-order valence-corrected chi connectivity index (χ2v) is 6.27. The lowest BCUT2D eigenvalue weighted by atomic mass is 10.1. The zero-order valence-corrected chi connectivity index (χ0v) is 15.1. The number of hydrogen-bond donors (Lipinski definition) is 1. The molecule has 26 heavy (non-hydrogen) atoms. The zero-order valence-electron chi connectivity index (χ0n) is 15.1. The lowest BCUT2D eigenvalue weighted by molar-refractivity contribution is 0.0773. The molecule has 2 aromatic carbocycles. The van der Waals surface area contributed by atoms with Gasteiger partial charge < -0.3 is 15.0 Å². The summed E-state index contributed by atoms with van der Waals surface area (Å²) >= 11 is 0. The Bertz CT molecular complexity index is 789. The summed E-state index contributed by atoms with van der Waals surface area (Å²) in [7, 11) is 1.76. The van der Waals surface area contributed by atoms with Crippen LogP contribution in [0.5, 0.6) is 5.75 Å². The largest absolute Gasteiger partial charge is 0.491 e. The summed E-state index contributed by atoms with van der Waals surface area (Å²) in [6.45, 7) is 4.19. The number of para-hydroxylation sites is 1. The number of carbonyl (C=O) groups is 2. The van der Waals surface area contributed by atoms with E-state index >= 15 is 0 Å². The number of likely N-dealkylation sites (N-methyl/N-ethyl adjacent to an activating group) is 1. The first-order valence-corrected chi connectivity index (χ1v) is 8.65. The van der Waals surface area contributed by atoms with Crippen molar-refractivity contribution in [1.82, 2.24) is 10.2 Å². The van der Waals surface area contributed by atoms with Gasteiger partial charge in [-0.15, -0.1) is 0 Å². The molecule has 1 heterocycles. The molecule has 0 radical (unpaired) electrons. The maximum atomic E-state index is 12.5. The molecular weight excluding hydrogens is 330 g/mol. The molecule has 1 N–H and O–H groups in total. The van der Waals surface area contributed by atoms with Crippen LogP contribution >= 0.6 is 0 Å². The molecule has 1 fully saturated rings. The third-order valence-corrected chi connectivity index (χ3v) is 4.41. The van der Waals surface area contributed by atoms with Crippen molar-refractivity contribution in [2.75, 3.05) is 38.2 Å². The van der Waals surface area contributed by atoms with E-state index in [1.54, 1.807) is 41.1 Å². The molecule has 2 aromatic rings. The number of ether oxygens (including phenoxy) is 1. The van der Waals surface area contributed by atoms with Crippen LogP contribution in [0.3, 0.4) is 0 Å². The Hall–Kier alpha value is -3.02. The van der Waals surface area contributed by atoms with Crippen LogP contribution in [0.4, 0.5) is 10.5 Å². The predicted octanol–water partition coefficient (Wildman–Crippen LogP) is 2.68. The third kappa shape index (κ3) is 3.96. The third-order valence-electron chi connectivity index (χ3n) is 4.41. The maximum Gasteiger partial charge on any atom is 0.321 e. The van der Waals surface area contributed by atoms with E-state index in [2.05, 4.69) is 5.32 Å². The Kier molecular flexibility index (Phi) is 5.41. The number of nitrogens with zero attached hydrogens (tertiary/aromatic N) is 2. The van der Waals surface area contributed by atoms with Gasteiger partial charge in [-0.1, -0.05) is 18.2 Å². The van der Waals surface area contributed by atoms with Gasteiger partial charge in [0.05, 0.1) is 6.54 Å². The topological polar surface area (TPSA) is 61.9 Å². The van der Waals surface area contributed by atoms with Gasteiger partial charge in [0.15, 0.2) is 0 Å². The van der Waals surface area contributed by atoms with Crippen molar-refractivity contribution < 1.29 is 14.3 Å². The molecule has 1 aliphatic rings. The molecule has 6 heteroatoms. The summed E-state index contributed by atoms with van der Waals surface area (Å²) in [6, 6.07) is 14.8. The van der Waals surface area contributed by atoms with Crippen molar-refractivity contribution in [2.45, 2.75) is 6.92 Å². The SMILES string of the molecule is Cc1ccccc1OCCN(C)C(=O)c1ccc(N2CCNC2=O)cc1. The van der Waals surface area contributed by atoms with E-state index in [0.717, 1.165) is 17.0 Å². The van der Waals surface area contributed by atoms with Gasteiger partial charge in [0.1, 0.15) is 12.4 Å². The van der Waals surface area contributed by atoms with Crippen LogP contribution in [0.2, 0.25) is 0 Å². The summed E-state index contributed by atoms with van der Waals surface area (Å²) in [5, 5.41) is 2.76. The quantitative estimate of drug-likeness (QED) is 0.868. The highest BCUT2D eigenvalue weighted by Gasteiger charge is 2.21. The number of nitrogens with one attached hydrogen (secondary N) is 1. The molecule has 3 amide bonds. The van der Waals surface area contributed by atoms with Crippen molar-refractivity contribution in [3.8, 4) is 5.75 Å². The van der Waals surface area contributed by atoms with Crippen LogP contribution in [-0.4, -0.2) is 50.1 Å². The molecule has 6 nitrogen and oxygen atoms in total. The van der Waals surface area contributed by atoms with Crippen LogP contribution in [0.1, 0.15) is 15.9 Å². The van der Waals surface area contributed by atoms with E-state index in [1.807, 2.05) is 31.2 Å². The molecule has 0 aliphatic carbocycles. The Labute approximate surface area is 153 Å². The predicted molar refractivity (Wildman–Crippen MR) is 101 cm³/mol. The summed E-state index contributed by atoms with van der Waals surface area (Å²) in [4.78, 5) is 27.5. The fourth-order valence-electron chi connectivity index (χ4n) is 2.83. The normalized spacial score (nSPS) is 13.5. The van der Waals surface area contributed by atoms with Gasteiger partial charge in [0, 0.05) is 31.4 Å². The van der Waals surface area contributed by atoms with Crippen molar-refractivity contribution in [2.24, 2.45) is 0 Å². The summed E-state index contributed by atoms with van der Waals surface area (Å²) < 4.78 is 5.75. The molecule has 1 saturated heterocycles. The number of amides is 3. The monoisotopic (exact) mass is 353 g/mol. The van der Waals surface area contributed by atoms with E-state index in [-0.39, 0.29) is 11.9 Å². The number of anilines is 1. The smallest absolute Gasteiger partial charge is 0.321 e. The highest BCUT2D eigenvalue weighted by atomic mass is 16.5. The van der Waals surface area contributed by atoms with Crippen LogP contribution < -0.4 is 15.0 Å². The minimum absolute atomic E-state index is 0.0733. The van der Waals surface area contributed by atoms with Crippen LogP contribution in [-0.2, 0) is 0 Å². The first-order chi connectivity index (χ1) is 12.6. The number of carbonyl (C=O) groups excluding carboxylic acids is 2. The summed E-state index contributed by atoms with van der Waals surface area (Å²) in [6.07, 6.45) is 0. The Morgan fingerprint density at radius 1 is 1.19 bits per heavy atom. The van der Waals surface area contributed by atoms with Gasteiger partial charge in [-0.25, -0.2) is 4.79 Å². The maximum absolute atomic E-state index is 12.5. The van der Waals surface area contributed by atoms with E-state index in [0.29, 0.717) is 31.8 Å². The summed E-state index contributed by atoms with van der Waals surface area (Å²) in [5.41, 5.74) is 2.46. The molecule has 0 spiro atoms. The first kappa shape index (κ1) is 17.8. The van der Waals surface area contributed by atoms with Gasteiger partial charge in [-0.05, 0) is 42.8 Å². The van der Waals surface area contributed by atoms with E-state index < -0.39 is 0 Å². The molecule has 3 rings (SSSR count). The number of rotatable bonds is 6. The molecule has 0 saturated carbocycles. The lowest BCUT2D eigenvalue weighted by Crippen LogP contribution is -2.31. The second kappa shape index (κ2) is 7.91. The minimum Gasteiger partial charge on any atom is -0.491 e. The lowest BCUT2D eigenvalue weighted by Gasteiger charge is -2.19. The Balaban J connectivity index is 1.54. The molecule has 0 unspecified atom stereocenters. The highest BCUT2D eigenvalue weighted by Crippen LogP contribution is 2.18. The number of benzene rings is 2. The van der Waals surface area contributed by atoms with E-state index in [4.69, 9.17) is 4.74 Å². The molecule has 0 atom stereocenters.